The van der Waals surface area contributed by atoms with Crippen molar-refractivity contribution in [1.29, 1.82) is 0 Å². The number of carboxylic acids is 1. The van der Waals surface area contributed by atoms with E-state index in [1.165, 1.54) is 5.56 Å². The van der Waals surface area contributed by atoms with E-state index in [4.69, 9.17) is 15.6 Å². The number of hydrogen-bond acceptors (Lipinski definition) is 3. The Morgan fingerprint density at radius 1 is 1.25 bits per heavy atom. The van der Waals surface area contributed by atoms with E-state index < -0.39 is 12.0 Å². The third kappa shape index (κ3) is 3.58. The maximum absolute atomic E-state index is 10.9. The molecule has 2 aromatic carbocycles. The van der Waals surface area contributed by atoms with Crippen molar-refractivity contribution in [2.45, 2.75) is 26.0 Å². The molecule has 0 spiro atoms. The lowest BCUT2D eigenvalue weighted by molar-refractivity contribution is -0.138. The van der Waals surface area contributed by atoms with Crippen molar-refractivity contribution in [2.75, 3.05) is 0 Å². The fourth-order valence-corrected chi connectivity index (χ4v) is 2.60. The zero-order chi connectivity index (χ0) is 17.1. The Labute approximate surface area is 140 Å². The molecule has 0 amide bonds. The fraction of sp³-hybridized carbons (Fsp3) is 0.211. The molecule has 0 aliphatic heterocycles. The highest BCUT2D eigenvalue weighted by molar-refractivity contribution is 5.85. The second-order valence-corrected chi connectivity index (χ2v) is 5.94. The van der Waals surface area contributed by atoms with Gasteiger partial charge in [0.25, 0.3) is 0 Å². The summed E-state index contributed by atoms with van der Waals surface area (Å²) in [5.74, 6) is -0.235. The molecule has 1 heterocycles. The van der Waals surface area contributed by atoms with E-state index in [0.717, 1.165) is 27.8 Å². The van der Waals surface area contributed by atoms with Crippen molar-refractivity contribution >= 4 is 16.9 Å². The van der Waals surface area contributed by atoms with Gasteiger partial charge in [-0.15, -0.1) is 0 Å². The Morgan fingerprint density at radius 3 is 2.71 bits per heavy atom. The highest BCUT2D eigenvalue weighted by Crippen LogP contribution is 2.24. The molecule has 0 bridgehead atoms. The molecule has 3 aromatic rings. The Balaban J connectivity index is 1.72. The van der Waals surface area contributed by atoms with Crippen LogP contribution in [0.3, 0.4) is 0 Å². The van der Waals surface area contributed by atoms with E-state index in [9.17, 15) is 4.79 Å². The third-order valence-electron chi connectivity index (χ3n) is 4.02. The number of rotatable bonds is 6. The number of aromatic amines is 1. The van der Waals surface area contributed by atoms with Crippen LogP contribution < -0.4 is 10.5 Å². The van der Waals surface area contributed by atoms with E-state index in [1.54, 1.807) is 6.20 Å². The van der Waals surface area contributed by atoms with Crippen molar-refractivity contribution in [3.8, 4) is 5.75 Å². The van der Waals surface area contributed by atoms with Gasteiger partial charge in [-0.2, -0.15) is 0 Å². The molecule has 0 aliphatic carbocycles. The van der Waals surface area contributed by atoms with Gasteiger partial charge in [0.2, 0.25) is 0 Å². The van der Waals surface area contributed by atoms with Crippen molar-refractivity contribution in [3.05, 3.63) is 65.4 Å². The van der Waals surface area contributed by atoms with Crippen molar-refractivity contribution in [2.24, 2.45) is 5.73 Å². The molecule has 4 N–H and O–H groups in total. The number of hydrogen-bond donors (Lipinski definition) is 3. The van der Waals surface area contributed by atoms with Gasteiger partial charge in [0.1, 0.15) is 18.4 Å². The molecule has 0 radical (unpaired) electrons. The van der Waals surface area contributed by atoms with Crippen LogP contribution in [-0.4, -0.2) is 22.1 Å². The zero-order valence-corrected chi connectivity index (χ0v) is 13.5. The summed E-state index contributed by atoms with van der Waals surface area (Å²) in [6.07, 6.45) is 2.09. The second-order valence-electron chi connectivity index (χ2n) is 5.94. The average Bonchev–Trinajstić information content (AvgIpc) is 2.96. The van der Waals surface area contributed by atoms with Crippen LogP contribution in [0, 0.1) is 6.92 Å². The molecule has 124 valence electrons. The first-order valence-electron chi connectivity index (χ1n) is 7.79. The summed E-state index contributed by atoms with van der Waals surface area (Å²) < 4.78 is 5.83. The first kappa shape index (κ1) is 16.1. The van der Waals surface area contributed by atoms with E-state index in [1.807, 2.05) is 30.3 Å². The predicted octanol–water partition coefficient (Wildman–Crippen LogP) is 3.01. The van der Waals surface area contributed by atoms with Gasteiger partial charge in [0.15, 0.2) is 0 Å². The largest absolute Gasteiger partial charge is 0.489 e. The fourth-order valence-electron chi connectivity index (χ4n) is 2.60. The molecule has 5 heteroatoms. The molecule has 3 rings (SSSR count). The second kappa shape index (κ2) is 6.76. The molecular formula is C19H20N2O3. The quantitative estimate of drug-likeness (QED) is 0.650. The molecule has 0 fully saturated rings. The van der Waals surface area contributed by atoms with Gasteiger partial charge in [-0.05, 0) is 30.2 Å². The highest BCUT2D eigenvalue weighted by Gasteiger charge is 2.15. The summed E-state index contributed by atoms with van der Waals surface area (Å²) in [4.78, 5) is 14.1. The predicted molar refractivity (Wildman–Crippen MR) is 93.1 cm³/mol. The van der Waals surface area contributed by atoms with Gasteiger partial charge in [-0.1, -0.05) is 29.8 Å². The molecule has 24 heavy (non-hydrogen) atoms. The zero-order valence-electron chi connectivity index (χ0n) is 13.5. The Bertz CT molecular complexity index is 853. The molecular weight excluding hydrogens is 304 g/mol. The molecule has 5 nitrogen and oxygen atoms in total. The topological polar surface area (TPSA) is 88.3 Å². The average molecular weight is 324 g/mol. The van der Waals surface area contributed by atoms with E-state index in [-0.39, 0.29) is 0 Å². The first-order chi connectivity index (χ1) is 11.5. The number of fused-ring (bicyclic) bond motifs is 1. The van der Waals surface area contributed by atoms with Crippen LogP contribution in [0.5, 0.6) is 5.75 Å². The van der Waals surface area contributed by atoms with E-state index >= 15 is 0 Å². The number of H-pyrrole nitrogens is 1. The van der Waals surface area contributed by atoms with Gasteiger partial charge in [-0.3, -0.25) is 4.79 Å². The number of aryl methyl sites for hydroxylation is 1. The Hall–Kier alpha value is -2.79. The van der Waals surface area contributed by atoms with Crippen LogP contribution in [-0.2, 0) is 17.8 Å². The lowest BCUT2D eigenvalue weighted by Crippen LogP contribution is -2.32. The SMILES string of the molecule is Cc1ccc(COc2ccc3c(C[C@H](N)C(=O)O)c[nH]c3c2)cc1. The van der Waals surface area contributed by atoms with E-state index in [2.05, 4.69) is 24.0 Å². The van der Waals surface area contributed by atoms with Gasteiger partial charge in [0, 0.05) is 29.6 Å². The molecule has 1 atom stereocenters. The minimum atomic E-state index is -0.998. The molecule has 0 unspecified atom stereocenters. The summed E-state index contributed by atoms with van der Waals surface area (Å²) in [5, 5.41) is 9.90. The number of carbonyl (C=O) groups is 1. The monoisotopic (exact) mass is 324 g/mol. The van der Waals surface area contributed by atoms with Gasteiger partial charge in [0.05, 0.1) is 0 Å². The summed E-state index contributed by atoms with van der Waals surface area (Å²) in [7, 11) is 0. The highest BCUT2D eigenvalue weighted by atomic mass is 16.5. The number of aromatic nitrogens is 1. The Morgan fingerprint density at radius 2 is 2.00 bits per heavy atom. The third-order valence-corrected chi connectivity index (χ3v) is 4.02. The first-order valence-corrected chi connectivity index (χ1v) is 7.79. The minimum absolute atomic E-state index is 0.291. The van der Waals surface area contributed by atoms with Crippen LogP contribution in [0.15, 0.2) is 48.7 Å². The number of carboxylic acid groups (broad SMARTS) is 1. The minimum Gasteiger partial charge on any atom is -0.489 e. The summed E-state index contributed by atoms with van der Waals surface area (Å²) in [6.45, 7) is 2.56. The number of benzene rings is 2. The lowest BCUT2D eigenvalue weighted by atomic mass is 10.1. The molecule has 0 saturated heterocycles. The molecule has 0 aliphatic rings. The van der Waals surface area contributed by atoms with Crippen LogP contribution in [0.25, 0.3) is 10.9 Å². The number of nitrogens with one attached hydrogen (secondary N) is 1. The number of aliphatic carboxylic acids is 1. The maximum atomic E-state index is 10.9. The van der Waals surface area contributed by atoms with Crippen molar-refractivity contribution < 1.29 is 14.6 Å². The molecule has 1 aromatic heterocycles. The lowest BCUT2D eigenvalue weighted by Gasteiger charge is -2.08. The van der Waals surface area contributed by atoms with E-state index in [0.29, 0.717) is 13.0 Å². The normalized spacial score (nSPS) is 12.2. The van der Waals surface area contributed by atoms with Crippen LogP contribution in [0.4, 0.5) is 0 Å². The van der Waals surface area contributed by atoms with Gasteiger partial charge < -0.3 is 20.6 Å². The standard InChI is InChI=1S/C19H20N2O3/c1-12-2-4-13(5-3-12)11-24-15-6-7-16-14(8-17(20)19(22)23)10-21-18(16)9-15/h2-7,9-10,17,21H,8,11,20H2,1H3,(H,22,23)/t17-/m0/s1. The molecule has 0 saturated carbocycles. The summed E-state index contributed by atoms with van der Waals surface area (Å²) in [5.41, 5.74) is 9.75. The van der Waals surface area contributed by atoms with Gasteiger partial charge in [-0.25, -0.2) is 0 Å². The van der Waals surface area contributed by atoms with Gasteiger partial charge >= 0.3 is 5.97 Å². The van der Waals surface area contributed by atoms with Crippen molar-refractivity contribution in [3.63, 3.8) is 0 Å². The van der Waals surface area contributed by atoms with Crippen LogP contribution in [0.1, 0.15) is 16.7 Å². The Kier molecular flexibility index (Phi) is 4.53. The number of ether oxygens (including phenoxy) is 1. The number of nitrogens with two attached hydrogens (primary N) is 1. The maximum Gasteiger partial charge on any atom is 0.320 e. The summed E-state index contributed by atoms with van der Waals surface area (Å²) in [6, 6.07) is 13.1. The van der Waals surface area contributed by atoms with Crippen LogP contribution >= 0.6 is 0 Å². The smallest absolute Gasteiger partial charge is 0.320 e. The summed E-state index contributed by atoms with van der Waals surface area (Å²) >= 11 is 0. The van der Waals surface area contributed by atoms with Crippen molar-refractivity contribution in [1.82, 2.24) is 4.98 Å². The van der Waals surface area contributed by atoms with Crippen LogP contribution in [0.2, 0.25) is 0 Å².